The number of carbonyl (C=O) groups excluding carboxylic acids is 3. The van der Waals surface area contributed by atoms with Gasteiger partial charge in [0, 0.05) is 29.7 Å². The lowest BCUT2D eigenvalue weighted by Crippen LogP contribution is -2.68. The first-order chi connectivity index (χ1) is 25.4. The largest absolute Gasteiger partial charge is 0.507 e. The smallest absolute Gasteiger partial charge is 0.265 e. The van der Waals surface area contributed by atoms with E-state index in [0.29, 0.717) is 25.2 Å². The molecule has 296 valence electrons. The van der Waals surface area contributed by atoms with E-state index in [1.807, 2.05) is 78.7 Å². The first-order valence-corrected chi connectivity index (χ1v) is 22.3. The fraction of sp³-hybridized carbons (Fsp3) is 0.650. The number of rotatable bonds is 13. The summed E-state index contributed by atoms with van der Waals surface area (Å²) >= 11 is 0. The predicted molar refractivity (Wildman–Crippen MR) is 205 cm³/mol. The van der Waals surface area contributed by atoms with Crippen molar-refractivity contribution in [1.29, 1.82) is 0 Å². The second kappa shape index (κ2) is 14.8. The van der Waals surface area contributed by atoms with Crippen molar-refractivity contribution in [2.75, 3.05) is 46.2 Å². The molecule has 2 fully saturated rings. The van der Waals surface area contributed by atoms with Gasteiger partial charge in [-0.25, -0.2) is 4.39 Å². The molecule has 1 aromatic carbocycles. The maximum atomic E-state index is 16.4. The molecule has 1 aromatic heterocycles. The Labute approximate surface area is 318 Å². The normalized spacial score (nSPS) is 25.5. The highest BCUT2D eigenvalue weighted by molar-refractivity contribution is 6.74. The van der Waals surface area contributed by atoms with E-state index in [2.05, 4.69) is 10.5 Å². The molecule has 5 atom stereocenters. The number of amides is 1. The first kappa shape index (κ1) is 40.1. The molecule has 54 heavy (non-hydrogen) atoms. The number of nitrogens with zero attached hydrogens (tertiary/aromatic N) is 3. The van der Waals surface area contributed by atoms with Crippen molar-refractivity contribution in [2.45, 2.75) is 115 Å². The fourth-order valence-corrected chi connectivity index (χ4v) is 9.62. The number of halogens is 1. The van der Waals surface area contributed by atoms with Gasteiger partial charge < -0.3 is 28.8 Å². The number of aliphatic hydroxyl groups excluding tert-OH is 1. The SMILES string of the molecule is CCCCOc1noc2c1C(=O)[C@@]1(O[Si](C)(C)C(C)(C)C)C(=O)C3=C(O)c4c(c(F)cc(NC(=O)[C@@H]5CCN5C)c4OCCCC)C[C@H]3C[C@H]1[C@@H]2N(C)C. The van der Waals surface area contributed by atoms with Gasteiger partial charge in [0.15, 0.2) is 25.4 Å². The maximum absolute atomic E-state index is 16.4. The quantitative estimate of drug-likeness (QED) is 0.122. The zero-order valence-electron chi connectivity index (χ0n) is 33.5. The van der Waals surface area contributed by atoms with Crippen LogP contribution in [0.5, 0.6) is 11.6 Å². The molecule has 2 N–H and O–H groups in total. The van der Waals surface area contributed by atoms with E-state index in [1.54, 1.807) is 0 Å². The van der Waals surface area contributed by atoms with E-state index < -0.39 is 60.0 Å². The zero-order chi connectivity index (χ0) is 39.5. The summed E-state index contributed by atoms with van der Waals surface area (Å²) < 4.78 is 41.7. The molecule has 0 unspecified atom stereocenters. The molecule has 6 rings (SSSR count). The summed E-state index contributed by atoms with van der Waals surface area (Å²) in [6.45, 7) is 15.4. The van der Waals surface area contributed by atoms with Crippen LogP contribution in [0.15, 0.2) is 16.2 Å². The molecule has 0 spiro atoms. The summed E-state index contributed by atoms with van der Waals surface area (Å²) in [6, 6.07) is 0.235. The third kappa shape index (κ3) is 6.50. The third-order valence-electron chi connectivity index (χ3n) is 12.3. The number of aliphatic hydroxyl groups is 1. The summed E-state index contributed by atoms with van der Waals surface area (Å²) in [5.74, 6) is -3.69. The summed E-state index contributed by atoms with van der Waals surface area (Å²) in [7, 11) is 2.61. The number of carbonyl (C=O) groups is 3. The summed E-state index contributed by atoms with van der Waals surface area (Å²) in [4.78, 5) is 48.1. The number of fused-ring (bicyclic) bond motifs is 4. The van der Waals surface area contributed by atoms with Crippen molar-refractivity contribution in [3.63, 3.8) is 0 Å². The number of hydrogen-bond donors (Lipinski definition) is 2. The number of hydrogen-bond acceptors (Lipinski definition) is 11. The Balaban J connectivity index is 1.57. The maximum Gasteiger partial charge on any atom is 0.265 e. The molecule has 4 aliphatic rings. The minimum Gasteiger partial charge on any atom is -0.507 e. The number of aromatic nitrogens is 1. The Morgan fingerprint density at radius 2 is 1.80 bits per heavy atom. The van der Waals surface area contributed by atoms with Crippen molar-refractivity contribution in [3.8, 4) is 11.6 Å². The standard InChI is InChI=1S/C40H57FN4O8Si/c1-11-13-17-50-33-26(42-37(49)27-15-16-45(27)8)21-25(41)23-19-22-20-24-31(44(6)7)34-30(38(43-52-34)51-18-14-12-2)36(48)40(24,53-54(9,10)39(3,4)5)35(47)28(22)32(46)29(23)33/h21-22,24,27,31,46H,11-20H2,1-10H3,(H,42,49)/t22-,24-,27-,31-,40-/m0/s1. The van der Waals surface area contributed by atoms with Crippen LogP contribution in [0.25, 0.3) is 5.76 Å². The monoisotopic (exact) mass is 768 g/mol. The molecule has 1 saturated carbocycles. The number of benzene rings is 1. The molecule has 0 bridgehead atoms. The highest BCUT2D eigenvalue weighted by Gasteiger charge is 2.69. The summed E-state index contributed by atoms with van der Waals surface area (Å²) in [5.41, 5.74) is -1.71. The Kier molecular flexibility index (Phi) is 11.0. The van der Waals surface area contributed by atoms with Crippen molar-refractivity contribution >= 4 is 37.2 Å². The number of ether oxygens (including phenoxy) is 2. The van der Waals surface area contributed by atoms with E-state index in [9.17, 15) is 9.90 Å². The Morgan fingerprint density at radius 3 is 2.37 bits per heavy atom. The van der Waals surface area contributed by atoms with Gasteiger partial charge in [0.1, 0.15) is 17.1 Å². The van der Waals surface area contributed by atoms with E-state index in [4.69, 9.17) is 18.4 Å². The van der Waals surface area contributed by atoms with Gasteiger partial charge >= 0.3 is 0 Å². The highest BCUT2D eigenvalue weighted by Crippen LogP contribution is 2.59. The third-order valence-corrected chi connectivity index (χ3v) is 16.8. The lowest BCUT2D eigenvalue weighted by atomic mass is 9.57. The van der Waals surface area contributed by atoms with Crippen LogP contribution in [0.3, 0.4) is 0 Å². The molecular formula is C40H57FN4O8Si. The number of Topliss-reactive ketones (excluding diaryl/α,β-unsaturated/α-hetero) is 2. The van der Waals surface area contributed by atoms with Gasteiger partial charge in [-0.3, -0.25) is 24.2 Å². The molecule has 2 aromatic rings. The van der Waals surface area contributed by atoms with Crippen LogP contribution in [-0.2, 0) is 20.4 Å². The van der Waals surface area contributed by atoms with E-state index in [-0.39, 0.29) is 71.0 Å². The highest BCUT2D eigenvalue weighted by atomic mass is 28.4. The van der Waals surface area contributed by atoms with E-state index >= 15 is 14.0 Å². The van der Waals surface area contributed by atoms with Crippen molar-refractivity contribution in [3.05, 3.63) is 39.9 Å². The molecule has 12 nitrogen and oxygen atoms in total. The number of likely N-dealkylation sites (N-methyl/N-ethyl adjacent to an activating group) is 1. The molecule has 3 aliphatic carbocycles. The van der Waals surface area contributed by atoms with Crippen molar-refractivity contribution < 1.29 is 42.3 Å². The Morgan fingerprint density at radius 1 is 1.13 bits per heavy atom. The number of anilines is 1. The van der Waals surface area contributed by atoms with Gasteiger partial charge in [-0.15, -0.1) is 0 Å². The Hall–Kier alpha value is -3.59. The first-order valence-electron chi connectivity index (χ1n) is 19.4. The summed E-state index contributed by atoms with van der Waals surface area (Å²) in [6.07, 6.45) is 3.98. The molecule has 1 amide bonds. The van der Waals surface area contributed by atoms with Gasteiger partial charge in [0.05, 0.1) is 36.5 Å². The van der Waals surface area contributed by atoms with Crippen LogP contribution < -0.4 is 14.8 Å². The predicted octanol–water partition coefficient (Wildman–Crippen LogP) is 7.10. The molecule has 1 saturated heterocycles. The van der Waals surface area contributed by atoms with Crippen LogP contribution >= 0.6 is 0 Å². The van der Waals surface area contributed by atoms with E-state index in [1.165, 1.54) is 6.07 Å². The second-order valence-electron chi connectivity index (χ2n) is 17.2. The van der Waals surface area contributed by atoms with Crippen molar-refractivity contribution in [2.24, 2.45) is 11.8 Å². The average molecular weight is 769 g/mol. The Bertz CT molecular complexity index is 1850. The molecule has 14 heteroatoms. The second-order valence-corrected chi connectivity index (χ2v) is 21.9. The average Bonchev–Trinajstić information content (AvgIpc) is 3.49. The number of likely N-dealkylation sites (tertiary alicyclic amines) is 1. The van der Waals surface area contributed by atoms with Crippen LogP contribution in [0.1, 0.15) is 106 Å². The molecule has 0 radical (unpaired) electrons. The van der Waals surface area contributed by atoms with Crippen molar-refractivity contribution in [1.82, 2.24) is 15.0 Å². The molecule has 1 aliphatic heterocycles. The topological polar surface area (TPSA) is 144 Å². The molecule has 2 heterocycles. The number of unbranched alkanes of at least 4 members (excludes halogenated alkanes) is 2. The summed E-state index contributed by atoms with van der Waals surface area (Å²) in [5, 5.41) is 19.0. The number of ketones is 2. The van der Waals surface area contributed by atoms with Crippen LogP contribution in [0.4, 0.5) is 10.1 Å². The van der Waals surface area contributed by atoms with Gasteiger partial charge in [-0.2, -0.15) is 0 Å². The minimum atomic E-state index is -2.93. The number of nitrogens with one attached hydrogen (secondary N) is 1. The lowest BCUT2D eigenvalue weighted by Gasteiger charge is -2.55. The lowest BCUT2D eigenvalue weighted by molar-refractivity contribution is -0.140. The van der Waals surface area contributed by atoms with Gasteiger partial charge in [0.25, 0.3) is 5.88 Å². The van der Waals surface area contributed by atoms with Crippen LogP contribution in [0, 0.1) is 17.7 Å². The van der Waals surface area contributed by atoms with Gasteiger partial charge in [0.2, 0.25) is 17.5 Å². The molecular weight excluding hydrogens is 712 g/mol. The minimum absolute atomic E-state index is 0.00128. The van der Waals surface area contributed by atoms with Crippen LogP contribution in [0.2, 0.25) is 18.1 Å². The fourth-order valence-electron chi connectivity index (χ4n) is 8.18. The van der Waals surface area contributed by atoms with Gasteiger partial charge in [-0.05, 0) is 82.5 Å². The van der Waals surface area contributed by atoms with Gasteiger partial charge in [-0.1, -0.05) is 47.5 Å². The van der Waals surface area contributed by atoms with E-state index in [0.717, 1.165) is 25.8 Å². The zero-order valence-corrected chi connectivity index (χ0v) is 34.5. The van der Waals surface area contributed by atoms with Crippen LogP contribution in [-0.4, -0.2) is 98.4 Å².